The third-order valence-electron chi connectivity index (χ3n) is 6.48. The molecule has 0 heterocycles. The van der Waals surface area contributed by atoms with Crippen LogP contribution in [-0.4, -0.2) is 28.0 Å². The van der Waals surface area contributed by atoms with Crippen molar-refractivity contribution in [2.24, 2.45) is 5.92 Å². The highest BCUT2D eigenvalue weighted by molar-refractivity contribution is 7.92. The van der Waals surface area contributed by atoms with E-state index in [1.165, 1.54) is 29.6 Å². The summed E-state index contributed by atoms with van der Waals surface area (Å²) in [5, 5.41) is 0.681. The predicted octanol–water partition coefficient (Wildman–Crippen LogP) is 7.97. The molecule has 4 aromatic rings. The number of nitrogens with zero attached hydrogens (tertiary/aromatic N) is 1. The first-order chi connectivity index (χ1) is 20.0. The monoisotopic (exact) mass is 607 g/mol. The molecule has 0 fully saturated rings. The van der Waals surface area contributed by atoms with Crippen molar-refractivity contribution in [1.29, 1.82) is 0 Å². The van der Waals surface area contributed by atoms with Crippen molar-refractivity contribution < 1.29 is 27.4 Å². The fraction of sp³-hybridized carbons (Fsp3) is 0.242. The summed E-state index contributed by atoms with van der Waals surface area (Å²) < 4.78 is 46.0. The molecule has 0 saturated heterocycles. The van der Waals surface area contributed by atoms with Crippen LogP contribution in [0.5, 0.6) is 17.2 Å². The van der Waals surface area contributed by atoms with E-state index in [-0.39, 0.29) is 29.5 Å². The van der Waals surface area contributed by atoms with Gasteiger partial charge in [-0.05, 0) is 91.1 Å². The summed E-state index contributed by atoms with van der Waals surface area (Å²) in [6.45, 7) is 8.07. The number of rotatable bonds is 11. The van der Waals surface area contributed by atoms with E-state index in [2.05, 4.69) is 0 Å². The van der Waals surface area contributed by atoms with Crippen LogP contribution in [0.15, 0.2) is 89.8 Å². The molecule has 0 amide bonds. The lowest BCUT2D eigenvalue weighted by molar-refractivity contribution is 0.0595. The van der Waals surface area contributed by atoms with Crippen LogP contribution in [0.1, 0.15) is 40.9 Å². The van der Waals surface area contributed by atoms with Gasteiger partial charge >= 0.3 is 5.97 Å². The van der Waals surface area contributed by atoms with Gasteiger partial charge in [0.05, 0.1) is 17.7 Å². The van der Waals surface area contributed by atoms with Crippen molar-refractivity contribution in [2.45, 2.75) is 39.2 Å². The molecular formula is C33H34ClNO6S. The zero-order valence-corrected chi connectivity index (χ0v) is 25.8. The highest BCUT2D eigenvalue weighted by atomic mass is 35.5. The third kappa shape index (κ3) is 7.24. The van der Waals surface area contributed by atoms with E-state index >= 15 is 0 Å². The Morgan fingerprint density at radius 2 is 1.52 bits per heavy atom. The van der Waals surface area contributed by atoms with Gasteiger partial charge in [0.1, 0.15) is 29.4 Å². The molecule has 0 radical (unpaired) electrons. The molecule has 0 atom stereocenters. The summed E-state index contributed by atoms with van der Waals surface area (Å²) in [7, 11) is -2.74. The lowest BCUT2D eigenvalue weighted by Crippen LogP contribution is -2.34. The lowest BCUT2D eigenvalue weighted by atomic mass is 10.1. The quantitative estimate of drug-likeness (QED) is 0.161. The zero-order valence-electron chi connectivity index (χ0n) is 24.3. The van der Waals surface area contributed by atoms with Gasteiger partial charge < -0.3 is 14.2 Å². The van der Waals surface area contributed by atoms with Gasteiger partial charge in [-0.3, -0.25) is 4.31 Å². The first-order valence-corrected chi connectivity index (χ1v) is 15.3. The van der Waals surface area contributed by atoms with Crippen LogP contribution >= 0.6 is 11.6 Å². The molecule has 0 spiro atoms. The molecule has 4 rings (SSSR count). The number of esters is 1. The number of benzene rings is 4. The second kappa shape index (κ2) is 13.3. The second-order valence-corrected chi connectivity index (χ2v) is 12.6. The molecule has 0 aromatic heterocycles. The zero-order chi connectivity index (χ0) is 30.4. The largest absolute Gasteiger partial charge is 0.488 e. The topological polar surface area (TPSA) is 82.1 Å². The number of sulfonamides is 1. The van der Waals surface area contributed by atoms with Gasteiger partial charge in [0.2, 0.25) is 0 Å². The van der Waals surface area contributed by atoms with Crippen LogP contribution in [0.3, 0.4) is 0 Å². The van der Waals surface area contributed by atoms with Crippen molar-refractivity contribution in [3.63, 3.8) is 0 Å². The Morgan fingerprint density at radius 3 is 2.12 bits per heavy atom. The molecule has 0 aliphatic carbocycles. The smallest absolute Gasteiger partial charge is 0.341 e. The van der Waals surface area contributed by atoms with Crippen LogP contribution in [0.4, 0.5) is 5.69 Å². The van der Waals surface area contributed by atoms with Gasteiger partial charge in [-0.2, -0.15) is 0 Å². The molecule has 0 unspecified atom stereocenters. The summed E-state index contributed by atoms with van der Waals surface area (Å²) in [5.74, 6) is 0.755. The van der Waals surface area contributed by atoms with E-state index in [1.807, 2.05) is 70.2 Å². The average Bonchev–Trinajstić information content (AvgIpc) is 2.97. The fourth-order valence-electron chi connectivity index (χ4n) is 4.39. The molecule has 7 nitrogen and oxygen atoms in total. The van der Waals surface area contributed by atoms with Gasteiger partial charge in [-0.15, -0.1) is 0 Å². The van der Waals surface area contributed by atoms with Crippen molar-refractivity contribution in [3.05, 3.63) is 112 Å². The van der Waals surface area contributed by atoms with Gasteiger partial charge in [-0.1, -0.05) is 55.8 Å². The average molecular weight is 608 g/mol. The SMILES string of the molecule is COC(=O)c1cc(N(CC(C)C)S(=O)(=O)c2ccc(Oc3cc(C)c(Cl)c(C)c3)cc2)ccc1OCc1ccccc1. The van der Waals surface area contributed by atoms with E-state index in [0.717, 1.165) is 16.7 Å². The number of ether oxygens (including phenoxy) is 3. The standard InChI is InChI=1S/C33H34ClNO6S/c1-22(2)20-35(26-11-16-31(30(19-26)33(36)39-5)40-21-25-9-7-6-8-10-25)42(37,38)29-14-12-27(13-15-29)41-28-17-23(3)32(34)24(4)18-28/h6-19,22H,20-21H2,1-5H3. The van der Waals surface area contributed by atoms with E-state index in [4.69, 9.17) is 25.8 Å². The molecule has 0 N–H and O–H groups in total. The first kappa shape index (κ1) is 30.9. The summed E-state index contributed by atoms with van der Waals surface area (Å²) in [4.78, 5) is 12.8. The normalized spacial score (nSPS) is 11.3. The number of carbonyl (C=O) groups is 1. The van der Waals surface area contributed by atoms with Crippen LogP contribution in [-0.2, 0) is 21.4 Å². The molecule has 0 saturated carbocycles. The summed E-state index contributed by atoms with van der Waals surface area (Å²) in [6, 6.07) is 24.2. The number of halogens is 1. The van der Waals surface area contributed by atoms with E-state index < -0.39 is 16.0 Å². The third-order valence-corrected chi connectivity index (χ3v) is 8.89. The number of anilines is 1. The van der Waals surface area contributed by atoms with E-state index in [9.17, 15) is 13.2 Å². The molecule has 220 valence electrons. The summed E-state index contributed by atoms with van der Waals surface area (Å²) in [6.07, 6.45) is 0. The number of hydrogen-bond donors (Lipinski definition) is 0. The van der Waals surface area contributed by atoms with Crippen molar-refractivity contribution in [3.8, 4) is 17.2 Å². The lowest BCUT2D eigenvalue weighted by Gasteiger charge is -2.27. The maximum atomic E-state index is 13.9. The number of hydrogen-bond acceptors (Lipinski definition) is 6. The number of aryl methyl sites for hydroxylation is 2. The van der Waals surface area contributed by atoms with Crippen molar-refractivity contribution in [1.82, 2.24) is 0 Å². The first-order valence-electron chi connectivity index (χ1n) is 13.5. The van der Waals surface area contributed by atoms with Gasteiger partial charge in [0.25, 0.3) is 10.0 Å². The van der Waals surface area contributed by atoms with E-state index in [1.54, 1.807) is 24.3 Å². The van der Waals surface area contributed by atoms with Crippen LogP contribution in [0, 0.1) is 19.8 Å². The van der Waals surface area contributed by atoms with Crippen LogP contribution < -0.4 is 13.8 Å². The number of methoxy groups -OCH3 is 1. The Morgan fingerprint density at radius 1 is 0.881 bits per heavy atom. The number of carbonyl (C=O) groups excluding carboxylic acids is 1. The van der Waals surface area contributed by atoms with Crippen LogP contribution in [0.25, 0.3) is 0 Å². The Hall–Kier alpha value is -4.01. The Labute approximate surface area is 252 Å². The van der Waals surface area contributed by atoms with Gasteiger partial charge in [-0.25, -0.2) is 13.2 Å². The summed E-state index contributed by atoms with van der Waals surface area (Å²) >= 11 is 6.27. The highest BCUT2D eigenvalue weighted by Gasteiger charge is 2.28. The van der Waals surface area contributed by atoms with Crippen molar-refractivity contribution in [2.75, 3.05) is 18.0 Å². The Kier molecular flexibility index (Phi) is 9.81. The molecule has 42 heavy (non-hydrogen) atoms. The van der Waals surface area contributed by atoms with E-state index in [0.29, 0.717) is 28.0 Å². The Balaban J connectivity index is 1.64. The maximum absolute atomic E-state index is 13.9. The van der Waals surface area contributed by atoms with Gasteiger partial charge in [0.15, 0.2) is 0 Å². The highest BCUT2D eigenvalue weighted by Crippen LogP contribution is 2.33. The fourth-order valence-corrected chi connectivity index (χ4v) is 6.11. The minimum Gasteiger partial charge on any atom is -0.488 e. The molecule has 9 heteroatoms. The summed E-state index contributed by atoms with van der Waals surface area (Å²) in [5.41, 5.74) is 3.15. The molecule has 0 bridgehead atoms. The van der Waals surface area contributed by atoms with Gasteiger partial charge in [0, 0.05) is 11.6 Å². The maximum Gasteiger partial charge on any atom is 0.341 e. The van der Waals surface area contributed by atoms with Crippen LogP contribution in [0.2, 0.25) is 5.02 Å². The minimum absolute atomic E-state index is 0.00523. The Bertz CT molecular complexity index is 1630. The predicted molar refractivity (Wildman–Crippen MR) is 165 cm³/mol. The molecule has 0 aliphatic rings. The molecular weight excluding hydrogens is 574 g/mol. The molecule has 4 aromatic carbocycles. The molecule has 0 aliphatic heterocycles. The minimum atomic E-state index is -4.01. The second-order valence-electron chi connectivity index (χ2n) is 10.3. The van der Waals surface area contributed by atoms with Crippen molar-refractivity contribution >= 4 is 33.3 Å².